The van der Waals surface area contributed by atoms with Gasteiger partial charge in [0.1, 0.15) is 12.4 Å². The average molecular weight is 350 g/mol. The molecule has 4 rings (SSSR count). The monoisotopic (exact) mass is 350 g/mol. The Bertz CT molecular complexity index is 858. The Hall–Kier alpha value is -2.82. The highest BCUT2D eigenvalue weighted by atomic mass is 16.5. The van der Waals surface area contributed by atoms with E-state index in [4.69, 9.17) is 4.74 Å². The maximum absolute atomic E-state index is 12.4. The van der Waals surface area contributed by atoms with Crippen LogP contribution in [0.2, 0.25) is 0 Å². The fourth-order valence-electron chi connectivity index (χ4n) is 3.18. The van der Waals surface area contributed by atoms with Gasteiger partial charge in [-0.1, -0.05) is 17.7 Å². The number of benzene rings is 2. The second kappa shape index (κ2) is 6.83. The molecule has 1 aliphatic heterocycles. The summed E-state index contributed by atoms with van der Waals surface area (Å²) >= 11 is 0. The van der Waals surface area contributed by atoms with E-state index in [1.165, 1.54) is 0 Å². The zero-order valence-corrected chi connectivity index (χ0v) is 14.7. The van der Waals surface area contributed by atoms with E-state index in [2.05, 4.69) is 10.6 Å². The third-order valence-corrected chi connectivity index (χ3v) is 4.80. The Morgan fingerprint density at radius 2 is 1.96 bits per heavy atom. The lowest BCUT2D eigenvalue weighted by molar-refractivity contribution is -0.126. The van der Waals surface area contributed by atoms with E-state index in [0.717, 1.165) is 29.7 Å². The molecule has 1 heterocycles. The number of amides is 2. The SMILES string of the molecule is Cc1cccc(C(=O)Nc2ccc3c(c2)C[C@H](C(=O)NC2CC2)CO3)c1. The standard InChI is InChI=1S/C21H22N2O3/c1-13-3-2-4-14(9-13)20(24)23-18-7-8-19-15(11-18)10-16(12-26-19)21(25)22-17-5-6-17/h2-4,7-9,11,16-17H,5-6,10,12H2,1H3,(H,22,25)(H,23,24)/t16-/m0/s1. The van der Waals surface area contributed by atoms with Crippen molar-refractivity contribution in [2.75, 3.05) is 11.9 Å². The molecular weight excluding hydrogens is 328 g/mol. The topological polar surface area (TPSA) is 67.4 Å². The molecule has 26 heavy (non-hydrogen) atoms. The van der Waals surface area contributed by atoms with Gasteiger partial charge in [0.2, 0.25) is 5.91 Å². The quantitative estimate of drug-likeness (QED) is 0.890. The molecule has 2 aromatic carbocycles. The summed E-state index contributed by atoms with van der Waals surface area (Å²) in [5.41, 5.74) is 3.33. The Balaban J connectivity index is 1.46. The lowest BCUT2D eigenvalue weighted by Gasteiger charge is -2.25. The van der Waals surface area contributed by atoms with E-state index >= 15 is 0 Å². The van der Waals surface area contributed by atoms with Crippen molar-refractivity contribution in [2.45, 2.75) is 32.2 Å². The number of ether oxygens (including phenoxy) is 1. The Morgan fingerprint density at radius 3 is 2.73 bits per heavy atom. The lowest BCUT2D eigenvalue weighted by Crippen LogP contribution is -2.38. The molecule has 2 N–H and O–H groups in total. The van der Waals surface area contributed by atoms with Crippen LogP contribution in [0.5, 0.6) is 5.75 Å². The summed E-state index contributed by atoms with van der Waals surface area (Å²) in [6.07, 6.45) is 2.78. The zero-order chi connectivity index (χ0) is 18.1. The number of nitrogens with one attached hydrogen (secondary N) is 2. The average Bonchev–Trinajstić information content (AvgIpc) is 3.45. The van der Waals surface area contributed by atoms with Gasteiger partial charge in [0, 0.05) is 17.3 Å². The van der Waals surface area contributed by atoms with Gasteiger partial charge in [-0.15, -0.1) is 0 Å². The van der Waals surface area contributed by atoms with Gasteiger partial charge in [0.15, 0.2) is 0 Å². The molecule has 5 nitrogen and oxygen atoms in total. The molecular formula is C21H22N2O3. The summed E-state index contributed by atoms with van der Waals surface area (Å²) in [4.78, 5) is 24.7. The van der Waals surface area contributed by atoms with Crippen molar-refractivity contribution in [1.82, 2.24) is 5.32 Å². The summed E-state index contributed by atoms with van der Waals surface area (Å²) < 4.78 is 5.75. The number of hydrogen-bond acceptors (Lipinski definition) is 3. The first-order valence-corrected chi connectivity index (χ1v) is 9.02. The van der Waals surface area contributed by atoms with Crippen molar-refractivity contribution in [3.05, 3.63) is 59.2 Å². The number of rotatable bonds is 4. The molecule has 0 saturated heterocycles. The summed E-state index contributed by atoms with van der Waals surface area (Å²) in [5, 5.41) is 5.97. The number of hydrogen-bond donors (Lipinski definition) is 2. The first kappa shape index (κ1) is 16.6. The van der Waals surface area contributed by atoms with Crippen LogP contribution in [0, 0.1) is 12.8 Å². The van der Waals surface area contributed by atoms with Crippen molar-refractivity contribution in [3.63, 3.8) is 0 Å². The van der Waals surface area contributed by atoms with Crippen molar-refractivity contribution in [1.29, 1.82) is 0 Å². The van der Waals surface area contributed by atoms with E-state index in [0.29, 0.717) is 30.3 Å². The van der Waals surface area contributed by atoms with Crippen molar-refractivity contribution < 1.29 is 14.3 Å². The first-order valence-electron chi connectivity index (χ1n) is 9.02. The van der Waals surface area contributed by atoms with Gasteiger partial charge in [0.25, 0.3) is 5.91 Å². The Labute approximate surface area is 152 Å². The van der Waals surface area contributed by atoms with Crippen LogP contribution in [-0.4, -0.2) is 24.5 Å². The zero-order valence-electron chi connectivity index (χ0n) is 14.7. The number of fused-ring (bicyclic) bond motifs is 1. The molecule has 0 bridgehead atoms. The van der Waals surface area contributed by atoms with E-state index in [1.807, 2.05) is 43.3 Å². The molecule has 0 radical (unpaired) electrons. The first-order chi connectivity index (χ1) is 12.6. The minimum Gasteiger partial charge on any atom is -0.492 e. The van der Waals surface area contributed by atoms with E-state index in [1.54, 1.807) is 6.07 Å². The van der Waals surface area contributed by atoms with E-state index in [-0.39, 0.29) is 17.7 Å². The maximum Gasteiger partial charge on any atom is 0.255 e. The fourth-order valence-corrected chi connectivity index (χ4v) is 3.18. The molecule has 134 valence electrons. The van der Waals surface area contributed by atoms with Gasteiger partial charge < -0.3 is 15.4 Å². The predicted octanol–water partition coefficient (Wildman–Crippen LogP) is 3.08. The molecule has 2 aromatic rings. The van der Waals surface area contributed by atoms with Crippen LogP contribution in [0.3, 0.4) is 0 Å². The van der Waals surface area contributed by atoms with Gasteiger partial charge in [-0.25, -0.2) is 0 Å². The van der Waals surface area contributed by atoms with Crippen LogP contribution in [0.1, 0.15) is 34.3 Å². The van der Waals surface area contributed by atoms with Crippen molar-refractivity contribution >= 4 is 17.5 Å². The Morgan fingerprint density at radius 1 is 1.12 bits per heavy atom. The molecule has 1 aliphatic carbocycles. The molecule has 5 heteroatoms. The minimum atomic E-state index is -0.175. The van der Waals surface area contributed by atoms with Crippen LogP contribution in [-0.2, 0) is 11.2 Å². The van der Waals surface area contributed by atoms with Gasteiger partial charge in [-0.2, -0.15) is 0 Å². The van der Waals surface area contributed by atoms with Crippen LogP contribution in [0.25, 0.3) is 0 Å². The van der Waals surface area contributed by atoms with Crippen LogP contribution < -0.4 is 15.4 Å². The van der Waals surface area contributed by atoms with E-state index in [9.17, 15) is 9.59 Å². The second-order valence-corrected chi connectivity index (χ2v) is 7.14. The summed E-state index contributed by atoms with van der Waals surface area (Å²) in [5.74, 6) is 0.528. The number of carbonyl (C=O) groups excluding carboxylic acids is 2. The molecule has 2 aliphatic rings. The third kappa shape index (κ3) is 3.72. The third-order valence-electron chi connectivity index (χ3n) is 4.80. The van der Waals surface area contributed by atoms with Crippen LogP contribution in [0.4, 0.5) is 5.69 Å². The van der Waals surface area contributed by atoms with Crippen LogP contribution in [0.15, 0.2) is 42.5 Å². The molecule has 1 fully saturated rings. The van der Waals surface area contributed by atoms with Gasteiger partial charge in [-0.3, -0.25) is 9.59 Å². The number of aryl methyl sites for hydroxylation is 1. The van der Waals surface area contributed by atoms with Gasteiger partial charge in [0.05, 0.1) is 5.92 Å². The highest BCUT2D eigenvalue weighted by molar-refractivity contribution is 6.04. The largest absolute Gasteiger partial charge is 0.492 e. The minimum absolute atomic E-state index is 0.0624. The second-order valence-electron chi connectivity index (χ2n) is 7.14. The predicted molar refractivity (Wildman–Crippen MR) is 99.4 cm³/mol. The lowest BCUT2D eigenvalue weighted by atomic mass is 9.95. The highest BCUT2D eigenvalue weighted by Crippen LogP contribution is 2.31. The molecule has 1 saturated carbocycles. The van der Waals surface area contributed by atoms with Crippen molar-refractivity contribution in [3.8, 4) is 5.75 Å². The molecule has 0 spiro atoms. The molecule has 0 unspecified atom stereocenters. The summed E-state index contributed by atoms with van der Waals surface area (Å²) in [7, 11) is 0. The summed E-state index contributed by atoms with van der Waals surface area (Å²) in [6, 6.07) is 13.4. The smallest absolute Gasteiger partial charge is 0.255 e. The van der Waals surface area contributed by atoms with Gasteiger partial charge >= 0.3 is 0 Å². The Kier molecular flexibility index (Phi) is 4.37. The number of carbonyl (C=O) groups is 2. The van der Waals surface area contributed by atoms with E-state index < -0.39 is 0 Å². The maximum atomic E-state index is 12.4. The molecule has 2 amide bonds. The molecule has 0 aromatic heterocycles. The molecule has 1 atom stereocenters. The van der Waals surface area contributed by atoms with Gasteiger partial charge in [-0.05, 0) is 62.1 Å². The van der Waals surface area contributed by atoms with Crippen LogP contribution >= 0.6 is 0 Å². The normalized spacial score (nSPS) is 18.4. The summed E-state index contributed by atoms with van der Waals surface area (Å²) in [6.45, 7) is 2.36. The number of anilines is 1. The van der Waals surface area contributed by atoms with Crippen molar-refractivity contribution in [2.24, 2.45) is 5.92 Å². The fraction of sp³-hybridized carbons (Fsp3) is 0.333. The highest BCUT2D eigenvalue weighted by Gasteiger charge is 2.30.